The fourth-order valence-electron chi connectivity index (χ4n) is 4.45. The molecule has 0 aromatic carbocycles. The van der Waals surface area contributed by atoms with Crippen molar-refractivity contribution in [2.45, 2.75) is 39.5 Å². The lowest BCUT2D eigenvalue weighted by Crippen LogP contribution is -2.36. The number of amides is 2. The van der Waals surface area contributed by atoms with Gasteiger partial charge < -0.3 is 0 Å². The highest BCUT2D eigenvalue weighted by Gasteiger charge is 2.59. The topological polar surface area (TPSA) is 37.4 Å². The molecule has 3 aliphatic rings. The molecule has 102 valence electrons. The van der Waals surface area contributed by atoms with Crippen LogP contribution in [0.4, 0.5) is 0 Å². The normalized spacial score (nSPS) is 32.8. The number of fused-ring (bicyclic) bond motifs is 4. The van der Waals surface area contributed by atoms with Crippen molar-refractivity contribution in [1.82, 2.24) is 4.90 Å². The molecule has 2 amide bonds. The zero-order valence-corrected chi connectivity index (χ0v) is 11.7. The Morgan fingerprint density at radius 3 is 2.79 bits per heavy atom. The number of carbonyl (C=O) groups excluding carboxylic acids is 2. The Morgan fingerprint density at radius 2 is 2.16 bits per heavy atom. The van der Waals surface area contributed by atoms with E-state index in [2.05, 4.69) is 20.4 Å². The second-order valence-corrected chi connectivity index (χ2v) is 6.62. The van der Waals surface area contributed by atoms with Gasteiger partial charge in [0.15, 0.2) is 0 Å². The molecule has 2 bridgehead atoms. The van der Waals surface area contributed by atoms with Gasteiger partial charge in [0.05, 0.1) is 0 Å². The first-order valence-corrected chi connectivity index (χ1v) is 7.22. The Labute approximate surface area is 114 Å². The molecule has 0 radical (unpaired) electrons. The highest BCUT2D eigenvalue weighted by Crippen LogP contribution is 2.62. The van der Waals surface area contributed by atoms with Crippen LogP contribution >= 0.6 is 0 Å². The highest BCUT2D eigenvalue weighted by atomic mass is 16.2. The number of hydrogen-bond acceptors (Lipinski definition) is 2. The van der Waals surface area contributed by atoms with E-state index in [9.17, 15) is 9.59 Å². The predicted molar refractivity (Wildman–Crippen MR) is 73.2 cm³/mol. The van der Waals surface area contributed by atoms with Crippen LogP contribution in [-0.4, -0.2) is 23.3 Å². The summed E-state index contributed by atoms with van der Waals surface area (Å²) in [4.78, 5) is 26.3. The van der Waals surface area contributed by atoms with E-state index >= 15 is 0 Å². The molecule has 0 aromatic rings. The maximum atomic E-state index is 12.6. The van der Waals surface area contributed by atoms with Crippen molar-refractivity contribution in [1.29, 1.82) is 0 Å². The monoisotopic (exact) mass is 259 g/mol. The summed E-state index contributed by atoms with van der Waals surface area (Å²) in [6.07, 6.45) is 5.84. The van der Waals surface area contributed by atoms with Crippen LogP contribution in [-0.2, 0) is 9.59 Å². The Bertz CT molecular complexity index is 503. The lowest BCUT2D eigenvalue weighted by Gasteiger charge is -2.30. The molecule has 1 heterocycles. The van der Waals surface area contributed by atoms with E-state index in [4.69, 9.17) is 0 Å². The van der Waals surface area contributed by atoms with Gasteiger partial charge in [0.2, 0.25) is 0 Å². The van der Waals surface area contributed by atoms with Gasteiger partial charge in [-0.1, -0.05) is 19.9 Å². The average molecular weight is 259 g/mol. The van der Waals surface area contributed by atoms with E-state index in [-0.39, 0.29) is 17.2 Å². The molecular formula is C16H21NO2. The van der Waals surface area contributed by atoms with Crippen molar-refractivity contribution in [3.05, 3.63) is 23.8 Å². The average Bonchev–Trinajstić information content (AvgIpc) is 2.94. The molecule has 19 heavy (non-hydrogen) atoms. The third-order valence-electron chi connectivity index (χ3n) is 4.86. The summed E-state index contributed by atoms with van der Waals surface area (Å²) >= 11 is 0. The van der Waals surface area contributed by atoms with Crippen LogP contribution in [0.2, 0.25) is 0 Å². The minimum atomic E-state index is -0.0461. The summed E-state index contributed by atoms with van der Waals surface area (Å²) in [6.45, 7) is 8.38. The third kappa shape index (κ3) is 1.57. The first-order valence-electron chi connectivity index (χ1n) is 7.22. The van der Waals surface area contributed by atoms with Gasteiger partial charge in [-0.2, -0.15) is 0 Å². The number of hydrogen-bond donors (Lipinski definition) is 0. The Balaban J connectivity index is 2.01. The molecule has 1 saturated carbocycles. The van der Waals surface area contributed by atoms with E-state index in [1.807, 2.05) is 0 Å². The van der Waals surface area contributed by atoms with Crippen molar-refractivity contribution in [3.63, 3.8) is 0 Å². The number of imide groups is 1. The third-order valence-corrected chi connectivity index (χ3v) is 4.86. The van der Waals surface area contributed by atoms with E-state index in [1.165, 1.54) is 4.90 Å². The largest absolute Gasteiger partial charge is 0.271 e. The lowest BCUT2D eigenvalue weighted by molar-refractivity contribution is -0.137. The zero-order chi connectivity index (χ0) is 13.8. The first-order chi connectivity index (χ1) is 9.00. The molecule has 2 unspecified atom stereocenters. The van der Waals surface area contributed by atoms with Crippen LogP contribution in [0.25, 0.3) is 0 Å². The van der Waals surface area contributed by atoms with Crippen molar-refractivity contribution in [2.75, 3.05) is 6.54 Å². The number of carbonyl (C=O) groups is 2. The summed E-state index contributed by atoms with van der Waals surface area (Å²) < 4.78 is 0. The molecule has 2 aliphatic carbocycles. The van der Waals surface area contributed by atoms with Gasteiger partial charge >= 0.3 is 0 Å². The van der Waals surface area contributed by atoms with Crippen LogP contribution in [0.15, 0.2) is 23.8 Å². The van der Waals surface area contributed by atoms with Gasteiger partial charge in [0.25, 0.3) is 11.8 Å². The maximum Gasteiger partial charge on any atom is 0.258 e. The molecule has 0 spiro atoms. The van der Waals surface area contributed by atoms with Gasteiger partial charge in [-0.05, 0) is 37.5 Å². The molecule has 0 saturated heterocycles. The minimum Gasteiger partial charge on any atom is -0.271 e. The molecule has 2 atom stereocenters. The first kappa shape index (κ1) is 12.6. The molecule has 3 rings (SSSR count). The maximum absolute atomic E-state index is 12.6. The Kier molecular flexibility index (Phi) is 2.70. The molecule has 1 aliphatic heterocycles. The number of likely N-dealkylation sites (tertiary alicyclic amines) is 1. The van der Waals surface area contributed by atoms with Crippen LogP contribution in [0, 0.1) is 17.3 Å². The van der Waals surface area contributed by atoms with Crippen molar-refractivity contribution in [2.24, 2.45) is 17.3 Å². The van der Waals surface area contributed by atoms with E-state index in [1.54, 1.807) is 6.08 Å². The Hall–Kier alpha value is -1.38. The fourth-order valence-corrected chi connectivity index (χ4v) is 4.45. The highest BCUT2D eigenvalue weighted by molar-refractivity contribution is 6.21. The summed E-state index contributed by atoms with van der Waals surface area (Å²) in [6, 6.07) is 0. The van der Waals surface area contributed by atoms with Gasteiger partial charge in [0, 0.05) is 23.1 Å². The zero-order valence-electron chi connectivity index (χ0n) is 11.7. The summed E-state index contributed by atoms with van der Waals surface area (Å²) in [5.74, 6) is 0.806. The van der Waals surface area contributed by atoms with E-state index < -0.39 is 0 Å². The van der Waals surface area contributed by atoms with Crippen LogP contribution in [0.5, 0.6) is 0 Å². The smallest absolute Gasteiger partial charge is 0.258 e. The van der Waals surface area contributed by atoms with Crippen molar-refractivity contribution in [3.8, 4) is 0 Å². The summed E-state index contributed by atoms with van der Waals surface area (Å²) in [5.41, 5.74) is 1.71. The van der Waals surface area contributed by atoms with Crippen LogP contribution < -0.4 is 0 Å². The van der Waals surface area contributed by atoms with Gasteiger partial charge in [-0.15, -0.1) is 6.58 Å². The molecule has 1 fully saturated rings. The molecule has 3 heteroatoms. The van der Waals surface area contributed by atoms with Gasteiger partial charge in [-0.3, -0.25) is 14.5 Å². The standard InChI is InChI=1S/C16H21NO2/c1-4-7-17-14(18)12-11-5-6-16(9-11,8-10(2)3)13(12)15(17)19/h4,10-11H,1,5-9H2,2-3H3. The lowest BCUT2D eigenvalue weighted by atomic mass is 9.73. The molecule has 0 aromatic heterocycles. The number of nitrogens with zero attached hydrogens (tertiary/aromatic N) is 1. The van der Waals surface area contributed by atoms with Gasteiger partial charge in [0.1, 0.15) is 0 Å². The molecule has 3 nitrogen and oxygen atoms in total. The summed E-state index contributed by atoms with van der Waals surface area (Å²) in [5, 5.41) is 0. The van der Waals surface area contributed by atoms with E-state index in [0.29, 0.717) is 18.4 Å². The predicted octanol–water partition coefficient (Wildman–Crippen LogP) is 2.68. The molecule has 0 N–H and O–H groups in total. The Morgan fingerprint density at radius 1 is 1.42 bits per heavy atom. The minimum absolute atomic E-state index is 0.00314. The van der Waals surface area contributed by atoms with E-state index in [0.717, 1.165) is 36.8 Å². The SMILES string of the molecule is C=CCN1C(=O)C2=C(C1=O)C1(CC(C)C)CCC2C1. The molecular weight excluding hydrogens is 238 g/mol. The quantitative estimate of drug-likeness (QED) is 0.575. The fraction of sp³-hybridized carbons (Fsp3) is 0.625. The van der Waals surface area contributed by atoms with Crippen molar-refractivity contribution < 1.29 is 9.59 Å². The van der Waals surface area contributed by atoms with Crippen molar-refractivity contribution >= 4 is 11.8 Å². The van der Waals surface area contributed by atoms with Crippen LogP contribution in [0.3, 0.4) is 0 Å². The number of rotatable bonds is 4. The van der Waals surface area contributed by atoms with Gasteiger partial charge in [-0.25, -0.2) is 0 Å². The second-order valence-electron chi connectivity index (χ2n) is 6.62. The van der Waals surface area contributed by atoms with Crippen LogP contribution in [0.1, 0.15) is 39.5 Å². The summed E-state index contributed by atoms with van der Waals surface area (Å²) in [7, 11) is 0. The second kappa shape index (κ2) is 4.06.